The second-order valence-electron chi connectivity index (χ2n) is 5.26. The summed E-state index contributed by atoms with van der Waals surface area (Å²) in [6.07, 6.45) is 7.77. The van der Waals surface area contributed by atoms with E-state index in [0.717, 1.165) is 11.3 Å². The highest BCUT2D eigenvalue weighted by Gasteiger charge is 2.31. The molecular weight excluding hydrogens is 310 g/mol. The Kier molecular flexibility index (Phi) is 3.80. The first-order chi connectivity index (χ1) is 9.76. The SMILES string of the molecule is C#Cc1cccc(NC2CC(c3ccccc3Br)C2)c1. The molecule has 0 bridgehead atoms. The average molecular weight is 326 g/mol. The Balaban J connectivity index is 1.61. The lowest BCUT2D eigenvalue weighted by Gasteiger charge is -2.37. The molecule has 1 aliphatic rings. The van der Waals surface area contributed by atoms with Gasteiger partial charge in [0.05, 0.1) is 0 Å². The van der Waals surface area contributed by atoms with Crippen LogP contribution in [0.5, 0.6) is 0 Å². The molecule has 2 aromatic carbocycles. The minimum Gasteiger partial charge on any atom is -0.382 e. The number of benzene rings is 2. The number of hydrogen-bond donors (Lipinski definition) is 1. The summed E-state index contributed by atoms with van der Waals surface area (Å²) in [5.74, 6) is 3.32. The van der Waals surface area contributed by atoms with Gasteiger partial charge in [0.2, 0.25) is 0 Å². The van der Waals surface area contributed by atoms with Crippen LogP contribution in [-0.2, 0) is 0 Å². The van der Waals surface area contributed by atoms with Gasteiger partial charge in [-0.3, -0.25) is 0 Å². The lowest BCUT2D eigenvalue weighted by Crippen LogP contribution is -2.34. The number of hydrogen-bond acceptors (Lipinski definition) is 1. The first kappa shape index (κ1) is 13.3. The van der Waals surface area contributed by atoms with E-state index in [2.05, 4.69) is 57.5 Å². The highest BCUT2D eigenvalue weighted by molar-refractivity contribution is 9.10. The van der Waals surface area contributed by atoms with E-state index in [4.69, 9.17) is 6.42 Å². The summed E-state index contributed by atoms with van der Waals surface area (Å²) >= 11 is 3.63. The van der Waals surface area contributed by atoms with Gasteiger partial charge in [-0.25, -0.2) is 0 Å². The Bertz CT molecular complexity index is 650. The Labute approximate surface area is 128 Å². The molecular formula is C18H16BrN. The standard InChI is InChI=1S/C18H16BrN/c1-2-13-6-5-7-15(10-13)20-16-11-14(12-16)17-8-3-4-9-18(17)19/h1,3-10,14,16,20H,11-12H2. The van der Waals surface area contributed by atoms with E-state index >= 15 is 0 Å². The van der Waals surface area contributed by atoms with Crippen molar-refractivity contribution in [2.24, 2.45) is 0 Å². The lowest BCUT2D eigenvalue weighted by molar-refractivity contribution is 0.373. The molecule has 0 aromatic heterocycles. The molecule has 1 aliphatic carbocycles. The Morgan fingerprint density at radius 1 is 1.10 bits per heavy atom. The summed E-state index contributed by atoms with van der Waals surface area (Å²) in [6, 6.07) is 17.1. The summed E-state index contributed by atoms with van der Waals surface area (Å²) in [6.45, 7) is 0. The first-order valence-corrected chi connectivity index (χ1v) is 7.63. The third-order valence-corrected chi connectivity index (χ3v) is 4.61. The molecule has 0 spiro atoms. The van der Waals surface area contributed by atoms with Crippen LogP contribution in [-0.4, -0.2) is 6.04 Å². The van der Waals surface area contributed by atoms with Crippen molar-refractivity contribution in [2.75, 3.05) is 5.32 Å². The fourth-order valence-electron chi connectivity index (χ4n) is 2.73. The van der Waals surface area contributed by atoms with Crippen molar-refractivity contribution in [1.29, 1.82) is 0 Å². The van der Waals surface area contributed by atoms with Crippen LogP contribution in [0.4, 0.5) is 5.69 Å². The van der Waals surface area contributed by atoms with Crippen molar-refractivity contribution >= 4 is 21.6 Å². The van der Waals surface area contributed by atoms with E-state index in [-0.39, 0.29) is 0 Å². The molecule has 0 unspecified atom stereocenters. The van der Waals surface area contributed by atoms with Gasteiger partial charge in [-0.15, -0.1) is 6.42 Å². The van der Waals surface area contributed by atoms with Crippen LogP contribution in [0.2, 0.25) is 0 Å². The molecule has 100 valence electrons. The van der Waals surface area contributed by atoms with Gasteiger partial charge in [0.15, 0.2) is 0 Å². The molecule has 1 N–H and O–H groups in total. The van der Waals surface area contributed by atoms with Crippen LogP contribution in [0.15, 0.2) is 53.0 Å². The summed E-state index contributed by atoms with van der Waals surface area (Å²) < 4.78 is 1.22. The molecule has 1 fully saturated rings. The average Bonchev–Trinajstić information content (AvgIpc) is 2.44. The largest absolute Gasteiger partial charge is 0.382 e. The third-order valence-electron chi connectivity index (χ3n) is 3.88. The number of anilines is 1. The second-order valence-corrected chi connectivity index (χ2v) is 6.11. The van der Waals surface area contributed by atoms with Gasteiger partial charge in [0.25, 0.3) is 0 Å². The van der Waals surface area contributed by atoms with Crippen LogP contribution in [0.3, 0.4) is 0 Å². The van der Waals surface area contributed by atoms with Crippen LogP contribution >= 0.6 is 15.9 Å². The predicted molar refractivity (Wildman–Crippen MR) is 87.9 cm³/mol. The van der Waals surface area contributed by atoms with Gasteiger partial charge in [-0.2, -0.15) is 0 Å². The molecule has 0 amide bonds. The van der Waals surface area contributed by atoms with Crippen molar-refractivity contribution in [3.63, 3.8) is 0 Å². The smallest absolute Gasteiger partial charge is 0.0354 e. The summed E-state index contributed by atoms with van der Waals surface area (Å²) in [4.78, 5) is 0. The second kappa shape index (κ2) is 5.73. The van der Waals surface area contributed by atoms with Crippen molar-refractivity contribution in [1.82, 2.24) is 0 Å². The number of rotatable bonds is 3. The number of nitrogens with one attached hydrogen (secondary N) is 1. The fraction of sp³-hybridized carbons (Fsp3) is 0.222. The molecule has 0 radical (unpaired) electrons. The molecule has 0 aliphatic heterocycles. The first-order valence-electron chi connectivity index (χ1n) is 6.84. The van der Waals surface area contributed by atoms with Crippen LogP contribution in [0.25, 0.3) is 0 Å². The third kappa shape index (κ3) is 2.73. The molecule has 0 atom stereocenters. The van der Waals surface area contributed by atoms with Gasteiger partial charge in [0.1, 0.15) is 0 Å². The van der Waals surface area contributed by atoms with Gasteiger partial charge in [-0.05, 0) is 48.6 Å². The van der Waals surface area contributed by atoms with E-state index in [1.54, 1.807) is 0 Å². The zero-order valence-electron chi connectivity index (χ0n) is 11.1. The van der Waals surface area contributed by atoms with E-state index < -0.39 is 0 Å². The predicted octanol–water partition coefficient (Wildman–Crippen LogP) is 4.79. The molecule has 2 heteroatoms. The number of halogens is 1. The minimum absolute atomic E-state index is 0.542. The van der Waals surface area contributed by atoms with Crippen LogP contribution in [0.1, 0.15) is 29.9 Å². The van der Waals surface area contributed by atoms with Crippen molar-refractivity contribution in [2.45, 2.75) is 24.8 Å². The van der Waals surface area contributed by atoms with Gasteiger partial charge >= 0.3 is 0 Å². The monoisotopic (exact) mass is 325 g/mol. The van der Waals surface area contributed by atoms with E-state index in [1.807, 2.05) is 18.2 Å². The van der Waals surface area contributed by atoms with Crippen molar-refractivity contribution in [3.8, 4) is 12.3 Å². The zero-order chi connectivity index (χ0) is 13.9. The highest BCUT2D eigenvalue weighted by Crippen LogP contribution is 2.41. The lowest BCUT2D eigenvalue weighted by atomic mass is 9.76. The van der Waals surface area contributed by atoms with Crippen LogP contribution < -0.4 is 5.32 Å². The summed E-state index contributed by atoms with van der Waals surface area (Å²) in [7, 11) is 0. The Hall–Kier alpha value is -1.72. The summed E-state index contributed by atoms with van der Waals surface area (Å²) in [5, 5.41) is 3.56. The summed E-state index contributed by atoms with van der Waals surface area (Å²) in [5.41, 5.74) is 3.47. The zero-order valence-corrected chi connectivity index (χ0v) is 12.7. The van der Waals surface area contributed by atoms with Crippen molar-refractivity contribution in [3.05, 3.63) is 64.1 Å². The van der Waals surface area contributed by atoms with Crippen molar-refractivity contribution < 1.29 is 0 Å². The Morgan fingerprint density at radius 3 is 2.65 bits per heavy atom. The molecule has 0 heterocycles. The van der Waals surface area contributed by atoms with E-state index in [1.165, 1.54) is 22.9 Å². The quantitative estimate of drug-likeness (QED) is 0.800. The molecule has 2 aromatic rings. The Morgan fingerprint density at radius 2 is 1.90 bits per heavy atom. The molecule has 1 saturated carbocycles. The highest BCUT2D eigenvalue weighted by atomic mass is 79.9. The maximum atomic E-state index is 5.43. The molecule has 3 rings (SSSR count). The fourth-order valence-corrected chi connectivity index (χ4v) is 3.34. The normalized spacial score (nSPS) is 20.8. The van der Waals surface area contributed by atoms with Gasteiger partial charge in [-0.1, -0.05) is 46.1 Å². The van der Waals surface area contributed by atoms with E-state index in [9.17, 15) is 0 Å². The molecule has 20 heavy (non-hydrogen) atoms. The molecule has 1 nitrogen and oxygen atoms in total. The molecule has 0 saturated heterocycles. The van der Waals surface area contributed by atoms with Crippen LogP contribution in [0, 0.1) is 12.3 Å². The number of terminal acetylenes is 1. The van der Waals surface area contributed by atoms with E-state index in [0.29, 0.717) is 12.0 Å². The van der Waals surface area contributed by atoms with Gasteiger partial charge in [0, 0.05) is 21.8 Å². The maximum Gasteiger partial charge on any atom is 0.0354 e. The minimum atomic E-state index is 0.542. The topological polar surface area (TPSA) is 12.0 Å². The van der Waals surface area contributed by atoms with Gasteiger partial charge < -0.3 is 5.32 Å². The maximum absolute atomic E-state index is 5.43.